The van der Waals surface area contributed by atoms with Crippen LogP contribution in [0.15, 0.2) is 57.4 Å². The number of fused-ring (bicyclic) bond motifs is 1. The maximum atomic E-state index is 6.25. The zero-order chi connectivity index (χ0) is 14.1. The minimum atomic E-state index is -0.197. The van der Waals surface area contributed by atoms with Crippen molar-refractivity contribution in [2.24, 2.45) is 5.73 Å². The lowest BCUT2D eigenvalue weighted by Crippen LogP contribution is -2.12. The Morgan fingerprint density at radius 3 is 2.70 bits per heavy atom. The Labute approximate surface area is 130 Å². The number of hydrogen-bond acceptors (Lipinski definition) is 2. The lowest BCUT2D eigenvalue weighted by Gasteiger charge is -2.10. The Morgan fingerprint density at radius 1 is 1.15 bits per heavy atom. The van der Waals surface area contributed by atoms with Gasteiger partial charge in [-0.1, -0.05) is 57.9 Å². The van der Waals surface area contributed by atoms with Gasteiger partial charge in [-0.2, -0.15) is 0 Å². The number of para-hydroxylation sites is 1. The van der Waals surface area contributed by atoms with Gasteiger partial charge in [0.2, 0.25) is 0 Å². The van der Waals surface area contributed by atoms with Gasteiger partial charge in [0.1, 0.15) is 5.76 Å². The molecule has 2 N–H and O–H groups in total. The van der Waals surface area contributed by atoms with Gasteiger partial charge >= 0.3 is 0 Å². The molecule has 0 spiro atoms. The summed E-state index contributed by atoms with van der Waals surface area (Å²) in [5, 5.41) is 1.59. The second-order valence-corrected chi connectivity index (χ2v) is 5.97. The molecule has 102 valence electrons. The van der Waals surface area contributed by atoms with Gasteiger partial charge in [0.15, 0.2) is 5.58 Å². The second-order valence-electron chi connectivity index (χ2n) is 4.71. The normalized spacial score (nSPS) is 12.8. The number of halogens is 2. The SMILES string of the molecule is NC(Cc1ccccc1Br)c1cc2cccc(Cl)c2o1. The van der Waals surface area contributed by atoms with Crippen molar-refractivity contribution in [2.45, 2.75) is 12.5 Å². The Balaban J connectivity index is 1.91. The summed E-state index contributed by atoms with van der Waals surface area (Å²) < 4.78 is 6.86. The Kier molecular flexibility index (Phi) is 3.83. The molecule has 2 aromatic carbocycles. The van der Waals surface area contributed by atoms with Crippen LogP contribution in [0.25, 0.3) is 11.0 Å². The van der Waals surface area contributed by atoms with Crippen LogP contribution in [0.1, 0.15) is 17.4 Å². The van der Waals surface area contributed by atoms with Crippen molar-refractivity contribution in [2.75, 3.05) is 0 Å². The van der Waals surface area contributed by atoms with Crippen LogP contribution >= 0.6 is 27.5 Å². The minimum Gasteiger partial charge on any atom is -0.458 e. The average Bonchev–Trinajstić information content (AvgIpc) is 2.87. The second kappa shape index (κ2) is 5.60. The van der Waals surface area contributed by atoms with E-state index < -0.39 is 0 Å². The first-order valence-corrected chi connectivity index (χ1v) is 7.49. The number of hydrogen-bond donors (Lipinski definition) is 1. The van der Waals surface area contributed by atoms with Gasteiger partial charge in [-0.15, -0.1) is 0 Å². The molecule has 0 radical (unpaired) electrons. The van der Waals surface area contributed by atoms with Crippen molar-refractivity contribution < 1.29 is 4.42 Å². The molecular formula is C16H13BrClNO. The maximum Gasteiger partial charge on any atom is 0.152 e. The molecule has 3 aromatic rings. The van der Waals surface area contributed by atoms with Crippen LogP contribution in [-0.4, -0.2) is 0 Å². The third kappa shape index (κ3) is 2.62. The van der Waals surface area contributed by atoms with Gasteiger partial charge in [0.25, 0.3) is 0 Å². The number of rotatable bonds is 3. The molecule has 0 saturated carbocycles. The van der Waals surface area contributed by atoms with Gasteiger partial charge in [0, 0.05) is 9.86 Å². The first-order valence-electron chi connectivity index (χ1n) is 6.32. The Morgan fingerprint density at radius 2 is 1.95 bits per heavy atom. The lowest BCUT2D eigenvalue weighted by molar-refractivity contribution is 0.494. The molecule has 1 unspecified atom stereocenters. The van der Waals surface area contributed by atoms with E-state index in [1.807, 2.05) is 42.5 Å². The van der Waals surface area contributed by atoms with Gasteiger partial charge in [-0.05, 0) is 30.2 Å². The van der Waals surface area contributed by atoms with Crippen LogP contribution < -0.4 is 5.73 Å². The van der Waals surface area contributed by atoms with E-state index in [0.717, 1.165) is 21.2 Å². The van der Waals surface area contributed by atoms with Crippen LogP contribution in [0.4, 0.5) is 0 Å². The number of nitrogens with two attached hydrogens (primary N) is 1. The molecular weight excluding hydrogens is 338 g/mol. The minimum absolute atomic E-state index is 0.197. The molecule has 0 aliphatic carbocycles. The zero-order valence-electron chi connectivity index (χ0n) is 10.6. The summed E-state index contributed by atoms with van der Waals surface area (Å²) >= 11 is 9.65. The molecule has 0 bridgehead atoms. The largest absolute Gasteiger partial charge is 0.458 e. The van der Waals surface area contributed by atoms with E-state index >= 15 is 0 Å². The van der Waals surface area contributed by atoms with Crippen LogP contribution in [0.2, 0.25) is 5.02 Å². The standard InChI is InChI=1S/C16H13BrClNO/c17-12-6-2-1-4-10(12)8-14(19)15-9-11-5-3-7-13(18)16(11)20-15/h1-7,9,14H,8,19H2. The molecule has 4 heteroatoms. The van der Waals surface area contributed by atoms with Gasteiger partial charge < -0.3 is 10.2 Å². The van der Waals surface area contributed by atoms with Crippen LogP contribution in [0.5, 0.6) is 0 Å². The molecule has 0 aliphatic rings. The highest BCUT2D eigenvalue weighted by Crippen LogP contribution is 2.30. The summed E-state index contributed by atoms with van der Waals surface area (Å²) in [6, 6.07) is 15.5. The van der Waals surface area contributed by atoms with Crippen molar-refractivity contribution in [1.82, 2.24) is 0 Å². The van der Waals surface area contributed by atoms with Gasteiger partial charge in [0.05, 0.1) is 11.1 Å². The number of benzene rings is 2. The monoisotopic (exact) mass is 349 g/mol. The molecule has 1 heterocycles. The van der Waals surface area contributed by atoms with Crippen molar-refractivity contribution in [1.29, 1.82) is 0 Å². The van der Waals surface area contributed by atoms with Gasteiger partial charge in [-0.3, -0.25) is 0 Å². The maximum absolute atomic E-state index is 6.25. The van der Waals surface area contributed by atoms with Crippen molar-refractivity contribution in [3.8, 4) is 0 Å². The molecule has 1 aromatic heterocycles. The highest BCUT2D eigenvalue weighted by Gasteiger charge is 2.15. The first kappa shape index (κ1) is 13.7. The summed E-state index contributed by atoms with van der Waals surface area (Å²) in [7, 11) is 0. The van der Waals surface area contributed by atoms with Crippen LogP contribution in [0.3, 0.4) is 0 Å². The van der Waals surface area contributed by atoms with E-state index in [2.05, 4.69) is 22.0 Å². The molecule has 2 nitrogen and oxygen atoms in total. The fourth-order valence-electron chi connectivity index (χ4n) is 2.23. The van der Waals surface area contributed by atoms with Crippen molar-refractivity contribution in [3.05, 3.63) is 69.3 Å². The topological polar surface area (TPSA) is 39.2 Å². The van der Waals surface area contributed by atoms with E-state index in [1.54, 1.807) is 0 Å². The molecule has 0 saturated heterocycles. The Bertz CT molecular complexity index is 753. The summed E-state index contributed by atoms with van der Waals surface area (Å²) in [5.74, 6) is 0.754. The molecule has 1 atom stereocenters. The third-order valence-electron chi connectivity index (χ3n) is 3.28. The third-order valence-corrected chi connectivity index (χ3v) is 4.35. The Hall–Kier alpha value is -1.29. The number of furan rings is 1. The van der Waals surface area contributed by atoms with Crippen molar-refractivity contribution >= 4 is 38.5 Å². The quantitative estimate of drug-likeness (QED) is 0.714. The van der Waals surface area contributed by atoms with E-state index in [1.165, 1.54) is 0 Å². The lowest BCUT2D eigenvalue weighted by atomic mass is 10.0. The fourth-order valence-corrected chi connectivity index (χ4v) is 2.90. The summed E-state index contributed by atoms with van der Waals surface area (Å²) in [4.78, 5) is 0. The first-order chi connectivity index (χ1) is 9.65. The van der Waals surface area contributed by atoms with Crippen LogP contribution in [-0.2, 0) is 6.42 Å². The van der Waals surface area contributed by atoms with Crippen molar-refractivity contribution in [3.63, 3.8) is 0 Å². The fraction of sp³-hybridized carbons (Fsp3) is 0.125. The predicted octanol–water partition coefficient (Wildman–Crippen LogP) is 5.09. The molecule has 20 heavy (non-hydrogen) atoms. The summed E-state index contributed by atoms with van der Waals surface area (Å²) in [5.41, 5.74) is 8.11. The molecule has 0 fully saturated rings. The van der Waals surface area contributed by atoms with Gasteiger partial charge in [-0.25, -0.2) is 0 Å². The summed E-state index contributed by atoms with van der Waals surface area (Å²) in [6.45, 7) is 0. The van der Waals surface area contributed by atoms with E-state index in [9.17, 15) is 0 Å². The summed E-state index contributed by atoms with van der Waals surface area (Å²) in [6.07, 6.45) is 0.707. The molecule has 3 rings (SSSR count). The van der Waals surface area contributed by atoms with Crippen LogP contribution in [0, 0.1) is 0 Å². The highest BCUT2D eigenvalue weighted by atomic mass is 79.9. The smallest absolute Gasteiger partial charge is 0.152 e. The average molecular weight is 351 g/mol. The van der Waals surface area contributed by atoms with E-state index in [0.29, 0.717) is 17.0 Å². The van der Waals surface area contributed by atoms with E-state index in [-0.39, 0.29) is 6.04 Å². The predicted molar refractivity (Wildman–Crippen MR) is 86.0 cm³/mol. The highest BCUT2D eigenvalue weighted by molar-refractivity contribution is 9.10. The molecule has 0 amide bonds. The molecule has 0 aliphatic heterocycles. The van der Waals surface area contributed by atoms with E-state index in [4.69, 9.17) is 21.8 Å². The zero-order valence-corrected chi connectivity index (χ0v) is 13.0.